The molecule has 94 valence electrons. The van der Waals surface area contributed by atoms with Crippen molar-refractivity contribution < 1.29 is 0 Å². The van der Waals surface area contributed by atoms with Crippen molar-refractivity contribution in [2.75, 3.05) is 37.3 Å². The van der Waals surface area contributed by atoms with Gasteiger partial charge in [-0.1, -0.05) is 6.92 Å². The Hall–Kier alpha value is -1.36. The molecule has 0 spiro atoms. The van der Waals surface area contributed by atoms with Crippen molar-refractivity contribution in [3.63, 3.8) is 0 Å². The summed E-state index contributed by atoms with van der Waals surface area (Å²) in [6, 6.07) is 0.499. The van der Waals surface area contributed by atoms with Crippen molar-refractivity contribution in [3.05, 3.63) is 12.4 Å². The first-order valence-electron chi connectivity index (χ1n) is 6.23. The van der Waals surface area contributed by atoms with Crippen LogP contribution in [0.15, 0.2) is 12.4 Å². The van der Waals surface area contributed by atoms with Crippen LogP contribution in [0.4, 0.5) is 11.6 Å². The first kappa shape index (κ1) is 12.1. The van der Waals surface area contributed by atoms with Gasteiger partial charge in [-0.2, -0.15) is 0 Å². The predicted molar refractivity (Wildman–Crippen MR) is 70.0 cm³/mol. The Morgan fingerprint density at radius 3 is 2.94 bits per heavy atom. The van der Waals surface area contributed by atoms with E-state index in [1.54, 1.807) is 6.20 Å². The molecule has 0 aromatic carbocycles. The van der Waals surface area contributed by atoms with Crippen LogP contribution in [0.3, 0.4) is 0 Å². The SMILES string of the molecule is CCC1CN(C)CCCN1c1cncc(N)n1. The summed E-state index contributed by atoms with van der Waals surface area (Å²) >= 11 is 0. The molecule has 0 radical (unpaired) electrons. The van der Waals surface area contributed by atoms with Crippen LogP contribution in [-0.4, -0.2) is 47.6 Å². The number of aromatic nitrogens is 2. The van der Waals surface area contributed by atoms with Crippen molar-refractivity contribution >= 4 is 11.6 Å². The molecule has 2 heterocycles. The zero-order valence-electron chi connectivity index (χ0n) is 10.6. The molecular formula is C12H21N5. The highest BCUT2D eigenvalue weighted by Gasteiger charge is 2.23. The third-order valence-electron chi connectivity index (χ3n) is 3.31. The summed E-state index contributed by atoms with van der Waals surface area (Å²) < 4.78 is 0. The summed E-state index contributed by atoms with van der Waals surface area (Å²) in [5.74, 6) is 1.40. The summed E-state index contributed by atoms with van der Waals surface area (Å²) in [7, 11) is 2.18. The molecule has 1 saturated heterocycles. The molecule has 0 saturated carbocycles. The normalized spacial score (nSPS) is 22.5. The first-order valence-corrected chi connectivity index (χ1v) is 6.23. The Labute approximate surface area is 103 Å². The summed E-state index contributed by atoms with van der Waals surface area (Å²) in [5.41, 5.74) is 5.71. The van der Waals surface area contributed by atoms with Gasteiger partial charge in [0.1, 0.15) is 11.6 Å². The third kappa shape index (κ3) is 2.85. The summed E-state index contributed by atoms with van der Waals surface area (Å²) in [6.07, 6.45) is 5.67. The van der Waals surface area contributed by atoms with E-state index in [0.29, 0.717) is 11.9 Å². The Kier molecular flexibility index (Phi) is 3.78. The highest BCUT2D eigenvalue weighted by Crippen LogP contribution is 2.19. The fourth-order valence-electron chi connectivity index (χ4n) is 2.40. The first-order chi connectivity index (χ1) is 8.20. The quantitative estimate of drug-likeness (QED) is 0.828. The molecule has 1 unspecified atom stereocenters. The number of likely N-dealkylation sites (N-methyl/N-ethyl adjacent to an activating group) is 1. The van der Waals surface area contributed by atoms with Crippen LogP contribution in [0.5, 0.6) is 0 Å². The molecule has 2 rings (SSSR count). The molecule has 1 atom stereocenters. The van der Waals surface area contributed by atoms with Crippen LogP contribution in [0, 0.1) is 0 Å². The van der Waals surface area contributed by atoms with E-state index < -0.39 is 0 Å². The Morgan fingerprint density at radius 2 is 2.24 bits per heavy atom. The Morgan fingerprint density at radius 1 is 1.41 bits per heavy atom. The standard InChI is InChI=1S/C12H21N5/c1-3-10-9-16(2)5-4-6-17(10)12-8-14-7-11(13)15-12/h7-8,10H,3-6,9H2,1-2H3,(H2,13,15). The Balaban J connectivity index is 2.22. The number of nitrogens with two attached hydrogens (primary N) is 1. The maximum absolute atomic E-state index is 5.71. The van der Waals surface area contributed by atoms with Crippen molar-refractivity contribution in [2.24, 2.45) is 0 Å². The zero-order chi connectivity index (χ0) is 12.3. The highest BCUT2D eigenvalue weighted by molar-refractivity contribution is 5.42. The van der Waals surface area contributed by atoms with E-state index in [1.807, 2.05) is 6.20 Å². The second kappa shape index (κ2) is 5.31. The van der Waals surface area contributed by atoms with Gasteiger partial charge in [0.05, 0.1) is 12.4 Å². The number of nitrogen functional groups attached to an aromatic ring is 1. The molecule has 1 aromatic rings. The lowest BCUT2D eigenvalue weighted by atomic mass is 10.2. The lowest BCUT2D eigenvalue weighted by Gasteiger charge is -2.30. The van der Waals surface area contributed by atoms with E-state index in [2.05, 4.69) is 33.7 Å². The number of hydrogen-bond donors (Lipinski definition) is 1. The molecule has 0 bridgehead atoms. The number of anilines is 2. The average molecular weight is 235 g/mol. The maximum Gasteiger partial charge on any atom is 0.149 e. The van der Waals surface area contributed by atoms with Crippen LogP contribution in [0.1, 0.15) is 19.8 Å². The van der Waals surface area contributed by atoms with Gasteiger partial charge in [-0.15, -0.1) is 0 Å². The number of nitrogens with zero attached hydrogens (tertiary/aromatic N) is 4. The Bertz CT molecular complexity index is 368. The van der Waals surface area contributed by atoms with Crippen molar-refractivity contribution in [1.29, 1.82) is 0 Å². The predicted octanol–water partition coefficient (Wildman–Crippen LogP) is 0.979. The summed E-state index contributed by atoms with van der Waals surface area (Å²) in [6.45, 7) is 5.47. The number of rotatable bonds is 2. The second-order valence-electron chi connectivity index (χ2n) is 4.67. The van der Waals surface area contributed by atoms with Crippen molar-refractivity contribution in [2.45, 2.75) is 25.8 Å². The van der Waals surface area contributed by atoms with E-state index in [1.165, 1.54) is 0 Å². The lowest BCUT2D eigenvalue weighted by molar-refractivity contribution is 0.327. The molecule has 17 heavy (non-hydrogen) atoms. The largest absolute Gasteiger partial charge is 0.382 e. The fraction of sp³-hybridized carbons (Fsp3) is 0.667. The minimum absolute atomic E-state index is 0.495. The smallest absolute Gasteiger partial charge is 0.149 e. The van der Waals surface area contributed by atoms with Crippen LogP contribution in [0.2, 0.25) is 0 Å². The average Bonchev–Trinajstić information content (AvgIpc) is 2.50. The molecule has 1 fully saturated rings. The van der Waals surface area contributed by atoms with E-state index in [4.69, 9.17) is 5.73 Å². The molecule has 5 heteroatoms. The fourth-order valence-corrected chi connectivity index (χ4v) is 2.40. The van der Waals surface area contributed by atoms with Crippen molar-refractivity contribution in [3.8, 4) is 0 Å². The molecule has 1 aliphatic rings. The van der Waals surface area contributed by atoms with Crippen molar-refractivity contribution in [1.82, 2.24) is 14.9 Å². The van der Waals surface area contributed by atoms with Gasteiger partial charge in [-0.05, 0) is 26.4 Å². The lowest BCUT2D eigenvalue weighted by Crippen LogP contribution is -2.40. The minimum atomic E-state index is 0.495. The van der Waals surface area contributed by atoms with Gasteiger partial charge >= 0.3 is 0 Å². The second-order valence-corrected chi connectivity index (χ2v) is 4.67. The molecule has 1 aliphatic heterocycles. The molecular weight excluding hydrogens is 214 g/mol. The molecule has 0 aliphatic carbocycles. The van der Waals surface area contributed by atoms with Gasteiger partial charge in [-0.3, -0.25) is 4.98 Å². The molecule has 5 nitrogen and oxygen atoms in total. The van der Waals surface area contributed by atoms with E-state index in [0.717, 1.165) is 38.3 Å². The van der Waals surface area contributed by atoms with Gasteiger partial charge < -0.3 is 15.5 Å². The number of hydrogen-bond acceptors (Lipinski definition) is 5. The highest BCUT2D eigenvalue weighted by atomic mass is 15.3. The molecule has 0 amide bonds. The van der Waals surface area contributed by atoms with Crippen LogP contribution in [-0.2, 0) is 0 Å². The topological polar surface area (TPSA) is 58.3 Å². The van der Waals surface area contributed by atoms with Gasteiger partial charge in [0.25, 0.3) is 0 Å². The van der Waals surface area contributed by atoms with E-state index in [-0.39, 0.29) is 0 Å². The van der Waals surface area contributed by atoms with Crippen LogP contribution < -0.4 is 10.6 Å². The van der Waals surface area contributed by atoms with Crippen LogP contribution in [0.25, 0.3) is 0 Å². The third-order valence-corrected chi connectivity index (χ3v) is 3.31. The van der Waals surface area contributed by atoms with Gasteiger partial charge in [0.15, 0.2) is 0 Å². The summed E-state index contributed by atoms with van der Waals surface area (Å²) in [4.78, 5) is 13.2. The van der Waals surface area contributed by atoms with Crippen LogP contribution >= 0.6 is 0 Å². The van der Waals surface area contributed by atoms with Gasteiger partial charge in [-0.25, -0.2) is 4.98 Å². The monoisotopic (exact) mass is 235 g/mol. The van der Waals surface area contributed by atoms with E-state index >= 15 is 0 Å². The maximum atomic E-state index is 5.71. The van der Waals surface area contributed by atoms with E-state index in [9.17, 15) is 0 Å². The molecule has 2 N–H and O–H groups in total. The van der Waals surface area contributed by atoms with Gasteiger partial charge in [0.2, 0.25) is 0 Å². The summed E-state index contributed by atoms with van der Waals surface area (Å²) in [5, 5.41) is 0. The zero-order valence-corrected chi connectivity index (χ0v) is 10.6. The minimum Gasteiger partial charge on any atom is -0.382 e. The van der Waals surface area contributed by atoms with Gasteiger partial charge in [0, 0.05) is 19.1 Å². The molecule has 1 aromatic heterocycles.